The quantitative estimate of drug-likeness (QED) is 0.531. The molecule has 32 heavy (non-hydrogen) atoms. The number of rotatable bonds is 8. The number of benzene rings is 3. The summed E-state index contributed by atoms with van der Waals surface area (Å²) in [6.07, 6.45) is 0. The zero-order chi connectivity index (χ0) is 23.3. The van der Waals surface area contributed by atoms with Gasteiger partial charge in [-0.15, -0.1) is 0 Å². The normalized spacial score (nSPS) is 11.1. The molecule has 0 atom stereocenters. The van der Waals surface area contributed by atoms with E-state index in [9.17, 15) is 13.2 Å². The molecule has 168 valence electrons. The number of sulfonamides is 1. The highest BCUT2D eigenvalue weighted by molar-refractivity contribution is 7.89. The van der Waals surface area contributed by atoms with E-state index in [-0.39, 0.29) is 17.4 Å². The molecular weight excluding hydrogens is 428 g/mol. The van der Waals surface area contributed by atoms with E-state index in [4.69, 9.17) is 14.6 Å². The minimum atomic E-state index is -3.79. The third-order valence-electron chi connectivity index (χ3n) is 4.65. The maximum absolute atomic E-state index is 12.7. The van der Waals surface area contributed by atoms with Gasteiger partial charge in [0.15, 0.2) is 0 Å². The zero-order valence-electron chi connectivity index (χ0n) is 18.2. The summed E-state index contributed by atoms with van der Waals surface area (Å²) in [6, 6.07) is 16.7. The highest BCUT2D eigenvalue weighted by Gasteiger charge is 2.13. The zero-order valence-corrected chi connectivity index (χ0v) is 19.0. The molecule has 0 radical (unpaired) electrons. The maximum Gasteiger partial charge on any atom is 0.255 e. The fourth-order valence-corrected chi connectivity index (χ4v) is 3.75. The van der Waals surface area contributed by atoms with Gasteiger partial charge in [0.25, 0.3) is 5.91 Å². The first kappa shape index (κ1) is 23.3. The van der Waals surface area contributed by atoms with Gasteiger partial charge in [-0.05, 0) is 86.5 Å². The van der Waals surface area contributed by atoms with Crippen LogP contribution in [0.15, 0.2) is 65.6 Å². The second kappa shape index (κ2) is 9.84. The molecule has 8 heteroatoms. The molecule has 0 aliphatic rings. The summed E-state index contributed by atoms with van der Waals surface area (Å²) >= 11 is 0. The van der Waals surface area contributed by atoms with E-state index in [0.29, 0.717) is 23.6 Å². The fraction of sp³-hybridized carbons (Fsp3) is 0.208. The Morgan fingerprint density at radius 1 is 0.938 bits per heavy atom. The Bertz CT molecular complexity index is 1200. The molecule has 3 aromatic carbocycles. The summed E-state index contributed by atoms with van der Waals surface area (Å²) in [5, 5.41) is 7.85. The van der Waals surface area contributed by atoms with Crippen LogP contribution in [-0.2, 0) is 16.6 Å². The van der Waals surface area contributed by atoms with E-state index in [1.54, 1.807) is 18.2 Å². The molecule has 1 amide bonds. The summed E-state index contributed by atoms with van der Waals surface area (Å²) in [7, 11) is -3.79. The molecule has 0 aliphatic carbocycles. The Morgan fingerprint density at radius 2 is 1.59 bits per heavy atom. The van der Waals surface area contributed by atoms with Crippen molar-refractivity contribution in [2.75, 3.05) is 11.9 Å². The van der Waals surface area contributed by atoms with Crippen molar-refractivity contribution in [3.63, 3.8) is 0 Å². The van der Waals surface area contributed by atoms with Crippen LogP contribution < -0.4 is 19.9 Å². The van der Waals surface area contributed by atoms with Gasteiger partial charge < -0.3 is 14.8 Å². The fourth-order valence-electron chi connectivity index (χ4n) is 3.24. The molecule has 0 unspecified atom stereocenters. The highest BCUT2D eigenvalue weighted by atomic mass is 32.2. The smallest absolute Gasteiger partial charge is 0.255 e. The van der Waals surface area contributed by atoms with Crippen molar-refractivity contribution in [1.29, 1.82) is 0 Å². The molecule has 0 saturated heterocycles. The number of amides is 1. The Hall–Kier alpha value is -3.36. The van der Waals surface area contributed by atoms with Crippen LogP contribution in [0.1, 0.15) is 34.0 Å². The van der Waals surface area contributed by atoms with Crippen LogP contribution in [0.4, 0.5) is 5.69 Å². The standard InChI is InChI=1S/C24H26N2O5S/c1-4-30-23-10-5-18(14-19(23)15-31-21-12-16(2)11-17(3)13-21)24(27)26-20-6-8-22(9-7-20)32(25,28)29/h5-14H,4,15H2,1-3H3,(H,26,27)(H2,25,28,29). The summed E-state index contributed by atoms with van der Waals surface area (Å²) in [6.45, 7) is 6.62. The number of ether oxygens (including phenoxy) is 2. The van der Waals surface area contributed by atoms with E-state index in [0.717, 1.165) is 22.4 Å². The average Bonchev–Trinajstić information content (AvgIpc) is 2.72. The van der Waals surface area contributed by atoms with Gasteiger partial charge in [-0.25, -0.2) is 13.6 Å². The van der Waals surface area contributed by atoms with Crippen LogP contribution in [0.5, 0.6) is 11.5 Å². The van der Waals surface area contributed by atoms with E-state index in [2.05, 4.69) is 11.4 Å². The Kier molecular flexibility index (Phi) is 7.17. The van der Waals surface area contributed by atoms with Crippen molar-refractivity contribution in [1.82, 2.24) is 0 Å². The van der Waals surface area contributed by atoms with E-state index >= 15 is 0 Å². The SMILES string of the molecule is CCOc1ccc(C(=O)Nc2ccc(S(N)(=O)=O)cc2)cc1COc1cc(C)cc(C)c1. The Balaban J connectivity index is 1.78. The lowest BCUT2D eigenvalue weighted by Crippen LogP contribution is -2.14. The first-order valence-corrected chi connectivity index (χ1v) is 11.6. The van der Waals surface area contributed by atoms with Gasteiger partial charge in [0, 0.05) is 16.8 Å². The van der Waals surface area contributed by atoms with E-state index in [1.807, 2.05) is 32.9 Å². The highest BCUT2D eigenvalue weighted by Crippen LogP contribution is 2.24. The van der Waals surface area contributed by atoms with Crippen molar-refractivity contribution in [2.24, 2.45) is 5.14 Å². The predicted molar refractivity (Wildman–Crippen MR) is 124 cm³/mol. The van der Waals surface area contributed by atoms with Gasteiger partial charge >= 0.3 is 0 Å². The average molecular weight is 455 g/mol. The monoisotopic (exact) mass is 454 g/mol. The van der Waals surface area contributed by atoms with Crippen molar-refractivity contribution in [3.8, 4) is 11.5 Å². The first-order chi connectivity index (χ1) is 15.2. The molecule has 0 fully saturated rings. The van der Waals surface area contributed by atoms with E-state index in [1.165, 1.54) is 24.3 Å². The molecule has 3 rings (SSSR count). The summed E-state index contributed by atoms with van der Waals surface area (Å²) in [5.41, 5.74) is 3.81. The van der Waals surface area contributed by atoms with Gasteiger partial charge in [-0.1, -0.05) is 6.07 Å². The molecule has 0 aromatic heterocycles. The Labute approximate surface area is 188 Å². The number of nitrogens with one attached hydrogen (secondary N) is 1. The van der Waals surface area contributed by atoms with Gasteiger partial charge in [0.1, 0.15) is 18.1 Å². The number of carbonyl (C=O) groups is 1. The number of hydrogen-bond donors (Lipinski definition) is 2. The van der Waals surface area contributed by atoms with Crippen LogP contribution in [0.2, 0.25) is 0 Å². The van der Waals surface area contributed by atoms with E-state index < -0.39 is 10.0 Å². The predicted octanol–water partition coefficient (Wildman–Crippen LogP) is 4.18. The number of carbonyl (C=O) groups excluding carboxylic acids is 1. The lowest BCUT2D eigenvalue weighted by Gasteiger charge is -2.14. The van der Waals surface area contributed by atoms with Crippen molar-refractivity contribution in [2.45, 2.75) is 32.3 Å². The molecule has 7 nitrogen and oxygen atoms in total. The van der Waals surface area contributed by atoms with Gasteiger partial charge in [-0.3, -0.25) is 4.79 Å². The van der Waals surface area contributed by atoms with Crippen LogP contribution in [-0.4, -0.2) is 20.9 Å². The lowest BCUT2D eigenvalue weighted by molar-refractivity contribution is 0.102. The van der Waals surface area contributed by atoms with Crippen LogP contribution >= 0.6 is 0 Å². The largest absolute Gasteiger partial charge is 0.493 e. The van der Waals surface area contributed by atoms with Gasteiger partial charge in [0.2, 0.25) is 10.0 Å². The molecule has 3 aromatic rings. The minimum Gasteiger partial charge on any atom is -0.493 e. The van der Waals surface area contributed by atoms with Crippen LogP contribution in [0, 0.1) is 13.8 Å². The minimum absolute atomic E-state index is 0.0256. The van der Waals surface area contributed by atoms with Crippen molar-refractivity contribution < 1.29 is 22.7 Å². The first-order valence-electron chi connectivity index (χ1n) is 10.1. The molecule has 0 saturated carbocycles. The van der Waals surface area contributed by atoms with Crippen molar-refractivity contribution in [3.05, 3.63) is 82.9 Å². The number of aryl methyl sites for hydroxylation is 2. The second-order valence-corrected chi connectivity index (χ2v) is 8.95. The number of primary sulfonamides is 1. The summed E-state index contributed by atoms with van der Waals surface area (Å²) in [4.78, 5) is 12.7. The molecular formula is C24H26N2O5S. The number of anilines is 1. The number of nitrogens with two attached hydrogens (primary N) is 1. The molecule has 0 bridgehead atoms. The summed E-state index contributed by atoms with van der Waals surface area (Å²) < 4.78 is 34.4. The summed E-state index contributed by atoms with van der Waals surface area (Å²) in [5.74, 6) is 1.05. The third-order valence-corrected chi connectivity index (χ3v) is 5.58. The third kappa shape index (κ3) is 6.09. The number of hydrogen-bond acceptors (Lipinski definition) is 5. The Morgan fingerprint density at radius 3 is 2.19 bits per heavy atom. The molecule has 0 aliphatic heterocycles. The topological polar surface area (TPSA) is 108 Å². The maximum atomic E-state index is 12.7. The molecule has 3 N–H and O–H groups in total. The van der Waals surface area contributed by atoms with Crippen LogP contribution in [0.3, 0.4) is 0 Å². The van der Waals surface area contributed by atoms with Gasteiger partial charge in [-0.2, -0.15) is 0 Å². The second-order valence-electron chi connectivity index (χ2n) is 7.39. The van der Waals surface area contributed by atoms with Crippen LogP contribution in [0.25, 0.3) is 0 Å². The molecule has 0 heterocycles. The lowest BCUT2D eigenvalue weighted by atomic mass is 10.1. The molecule has 0 spiro atoms. The van der Waals surface area contributed by atoms with Crippen molar-refractivity contribution >= 4 is 21.6 Å². The van der Waals surface area contributed by atoms with Gasteiger partial charge in [0.05, 0.1) is 11.5 Å².